The quantitative estimate of drug-likeness (QED) is 0.439. The van der Waals surface area contributed by atoms with Gasteiger partial charge in [-0.05, 0) is 12.5 Å². The van der Waals surface area contributed by atoms with Crippen molar-refractivity contribution >= 4 is 17.9 Å². The Balaban J connectivity index is 3.31. The van der Waals surface area contributed by atoms with Crippen LogP contribution in [0.2, 0.25) is 0 Å². The second kappa shape index (κ2) is 5.27. The molecule has 0 N–H and O–H groups in total. The molecule has 1 unspecified atom stereocenters. The number of carbonyl (C=O) groups excluding carboxylic acids is 1. The Bertz CT molecular complexity index is 462. The van der Waals surface area contributed by atoms with Crippen molar-refractivity contribution in [2.45, 2.75) is 24.7 Å². The lowest BCUT2D eigenvalue weighted by Crippen LogP contribution is -2.50. The molecule has 0 heterocycles. The van der Waals surface area contributed by atoms with Gasteiger partial charge >= 0.3 is 12.4 Å². The highest BCUT2D eigenvalue weighted by Crippen LogP contribution is 2.59. The van der Waals surface area contributed by atoms with E-state index in [0.29, 0.717) is 6.29 Å². The van der Waals surface area contributed by atoms with Gasteiger partial charge in [0.1, 0.15) is 6.29 Å². The van der Waals surface area contributed by atoms with Crippen LogP contribution in [-0.2, 0) is 0 Å². The minimum atomic E-state index is -5.57. The average molecular weight is 319 g/mol. The summed E-state index contributed by atoms with van der Waals surface area (Å²) in [6.07, 6.45) is -10.7. The summed E-state index contributed by atoms with van der Waals surface area (Å²) >= 11 is 5.45. The number of rotatable bonds is 3. The smallest absolute Gasteiger partial charge is 0.298 e. The van der Waals surface area contributed by atoms with Crippen LogP contribution in [0, 0.1) is 5.41 Å². The van der Waals surface area contributed by atoms with Crippen LogP contribution in [0.1, 0.15) is 28.2 Å². The molecule has 0 radical (unpaired) electrons. The van der Waals surface area contributed by atoms with Crippen molar-refractivity contribution < 1.29 is 31.1 Å². The summed E-state index contributed by atoms with van der Waals surface area (Å²) in [5.41, 5.74) is -4.34. The summed E-state index contributed by atoms with van der Waals surface area (Å²) in [6, 6.07) is 4.14. The maximum absolute atomic E-state index is 12.8. The van der Waals surface area contributed by atoms with Crippen LogP contribution in [-0.4, -0.2) is 18.6 Å². The minimum absolute atomic E-state index is 0.0122. The zero-order valence-corrected chi connectivity index (χ0v) is 10.8. The second-order valence-corrected chi connectivity index (χ2v) is 4.78. The van der Waals surface area contributed by atoms with Gasteiger partial charge in [-0.3, -0.25) is 4.79 Å². The highest BCUT2D eigenvalue weighted by Gasteiger charge is 2.71. The summed E-state index contributed by atoms with van der Waals surface area (Å²) in [5.74, 6) is 0. The molecule has 0 spiro atoms. The molecule has 8 heteroatoms. The normalized spacial score (nSPS) is 15.0. The highest BCUT2D eigenvalue weighted by molar-refractivity contribution is 6.21. The molecule has 1 aromatic carbocycles. The first-order chi connectivity index (χ1) is 8.95. The van der Waals surface area contributed by atoms with E-state index < -0.39 is 23.1 Å². The molecule has 0 aliphatic heterocycles. The number of aldehydes is 1. The monoisotopic (exact) mass is 318 g/mol. The van der Waals surface area contributed by atoms with Crippen molar-refractivity contribution in [2.24, 2.45) is 5.41 Å². The van der Waals surface area contributed by atoms with Crippen molar-refractivity contribution in [1.29, 1.82) is 0 Å². The Hall–Kier alpha value is -1.24. The van der Waals surface area contributed by atoms with E-state index in [0.717, 1.165) is 24.3 Å². The summed E-state index contributed by atoms with van der Waals surface area (Å²) < 4.78 is 76.9. The predicted molar refractivity (Wildman–Crippen MR) is 60.6 cm³/mol. The van der Waals surface area contributed by atoms with Crippen molar-refractivity contribution in [2.75, 3.05) is 0 Å². The Morgan fingerprint density at radius 3 is 1.70 bits per heavy atom. The number of alkyl halides is 7. The van der Waals surface area contributed by atoms with E-state index in [1.807, 2.05) is 0 Å². The van der Waals surface area contributed by atoms with Crippen LogP contribution in [0.5, 0.6) is 0 Å². The molecule has 20 heavy (non-hydrogen) atoms. The number of hydrogen-bond donors (Lipinski definition) is 0. The Kier molecular flexibility index (Phi) is 4.43. The maximum atomic E-state index is 12.8. The van der Waals surface area contributed by atoms with Gasteiger partial charge in [0.2, 0.25) is 0 Å². The fourth-order valence-electron chi connectivity index (χ4n) is 1.52. The summed E-state index contributed by atoms with van der Waals surface area (Å²) in [4.78, 5) is 10.4. The zero-order chi connectivity index (χ0) is 15.8. The van der Waals surface area contributed by atoms with Gasteiger partial charge in [-0.15, -0.1) is 11.6 Å². The Labute approximate surface area is 115 Å². The van der Waals surface area contributed by atoms with E-state index in [9.17, 15) is 31.1 Å². The first kappa shape index (κ1) is 16.8. The lowest BCUT2D eigenvalue weighted by atomic mass is 9.81. The van der Waals surface area contributed by atoms with E-state index in [1.54, 1.807) is 0 Å². The molecule has 0 fully saturated rings. The molecule has 0 saturated heterocycles. The number of hydrogen-bond acceptors (Lipinski definition) is 1. The third-order valence-electron chi connectivity index (χ3n) is 3.05. The second-order valence-electron chi connectivity index (χ2n) is 4.34. The van der Waals surface area contributed by atoms with Gasteiger partial charge in [0.25, 0.3) is 0 Å². The van der Waals surface area contributed by atoms with Crippen molar-refractivity contribution in [3.63, 3.8) is 0 Å². The highest BCUT2D eigenvalue weighted by atomic mass is 35.5. The van der Waals surface area contributed by atoms with E-state index in [2.05, 4.69) is 0 Å². The molecule has 1 aromatic rings. The molecule has 0 amide bonds. The molecule has 0 aliphatic carbocycles. The summed E-state index contributed by atoms with van der Waals surface area (Å²) in [5, 5.41) is -2.36. The van der Waals surface area contributed by atoms with Crippen molar-refractivity contribution in [1.82, 2.24) is 0 Å². The molecule has 1 rings (SSSR count). The largest absolute Gasteiger partial charge is 0.404 e. The van der Waals surface area contributed by atoms with Gasteiger partial charge < -0.3 is 0 Å². The summed E-state index contributed by atoms with van der Waals surface area (Å²) in [6.45, 7) is 0.0122. The summed E-state index contributed by atoms with van der Waals surface area (Å²) in [7, 11) is 0. The van der Waals surface area contributed by atoms with E-state index in [-0.39, 0.29) is 18.1 Å². The van der Waals surface area contributed by atoms with E-state index in [4.69, 9.17) is 11.6 Å². The van der Waals surface area contributed by atoms with E-state index in [1.165, 1.54) is 0 Å². The Morgan fingerprint density at radius 1 is 1.00 bits per heavy atom. The van der Waals surface area contributed by atoms with Crippen LogP contribution in [0.25, 0.3) is 0 Å². The van der Waals surface area contributed by atoms with Crippen LogP contribution in [0.4, 0.5) is 26.3 Å². The van der Waals surface area contributed by atoms with Gasteiger partial charge in [-0.25, -0.2) is 0 Å². The molecule has 0 aromatic heterocycles. The standard InChI is InChI=1S/C12H9ClF6O/c1-10(11(14,15)16,12(17,18)19)9(13)8-4-2-7(6-20)3-5-8/h2-6,9H,1H3. The zero-order valence-electron chi connectivity index (χ0n) is 10.0. The number of benzene rings is 1. The van der Waals surface area contributed by atoms with Crippen LogP contribution in [0.15, 0.2) is 24.3 Å². The molecule has 1 nitrogen and oxygen atoms in total. The van der Waals surface area contributed by atoms with Gasteiger partial charge in [0.15, 0.2) is 5.41 Å². The predicted octanol–water partition coefficient (Wildman–Crippen LogP) is 4.91. The lowest BCUT2D eigenvalue weighted by molar-refractivity contribution is -0.335. The lowest BCUT2D eigenvalue weighted by Gasteiger charge is -2.37. The van der Waals surface area contributed by atoms with Crippen LogP contribution in [0.3, 0.4) is 0 Å². The minimum Gasteiger partial charge on any atom is -0.298 e. The van der Waals surface area contributed by atoms with Crippen molar-refractivity contribution in [3.8, 4) is 0 Å². The number of halogens is 7. The van der Waals surface area contributed by atoms with E-state index >= 15 is 0 Å². The van der Waals surface area contributed by atoms with Gasteiger partial charge in [-0.2, -0.15) is 26.3 Å². The maximum Gasteiger partial charge on any atom is 0.404 e. The van der Waals surface area contributed by atoms with Gasteiger partial charge in [-0.1, -0.05) is 24.3 Å². The molecule has 1 atom stereocenters. The van der Waals surface area contributed by atoms with Gasteiger partial charge in [0, 0.05) is 5.56 Å². The third kappa shape index (κ3) is 2.77. The molecular formula is C12H9ClF6O. The fraction of sp³-hybridized carbons (Fsp3) is 0.417. The molecule has 0 aliphatic rings. The van der Waals surface area contributed by atoms with Crippen molar-refractivity contribution in [3.05, 3.63) is 35.4 Å². The molecule has 0 bridgehead atoms. The third-order valence-corrected chi connectivity index (χ3v) is 3.74. The average Bonchev–Trinajstić information content (AvgIpc) is 2.34. The topological polar surface area (TPSA) is 17.1 Å². The molecular weight excluding hydrogens is 310 g/mol. The SMILES string of the molecule is CC(C(Cl)c1ccc(C=O)cc1)(C(F)(F)F)C(F)(F)F. The molecule has 0 saturated carbocycles. The fourth-order valence-corrected chi connectivity index (χ4v) is 1.92. The number of carbonyl (C=O) groups is 1. The van der Waals surface area contributed by atoms with Crippen LogP contribution >= 0.6 is 11.6 Å². The first-order valence-corrected chi connectivity index (χ1v) is 5.71. The molecule has 112 valence electrons. The first-order valence-electron chi connectivity index (χ1n) is 5.28. The van der Waals surface area contributed by atoms with Gasteiger partial charge in [0.05, 0.1) is 5.38 Å². The van der Waals surface area contributed by atoms with Crippen LogP contribution < -0.4 is 0 Å². The Morgan fingerprint density at radius 2 is 1.40 bits per heavy atom.